The van der Waals surface area contributed by atoms with Crippen molar-refractivity contribution in [2.45, 2.75) is 44.7 Å². The molecule has 4 nitrogen and oxygen atoms in total. The molecular formula is C17H19N3OS. The van der Waals surface area contributed by atoms with Crippen LogP contribution < -0.4 is 5.32 Å². The van der Waals surface area contributed by atoms with Crippen LogP contribution in [-0.4, -0.2) is 28.1 Å². The number of thioether (sulfide) groups is 1. The Morgan fingerprint density at radius 3 is 2.86 bits per heavy atom. The number of amidine groups is 1. The second kappa shape index (κ2) is 5.47. The highest BCUT2D eigenvalue weighted by Crippen LogP contribution is 2.44. The van der Waals surface area contributed by atoms with Crippen LogP contribution in [-0.2, 0) is 4.79 Å². The zero-order valence-electron chi connectivity index (χ0n) is 12.6. The molecular weight excluding hydrogens is 294 g/mol. The van der Waals surface area contributed by atoms with Crippen molar-refractivity contribution >= 4 is 28.5 Å². The Hall–Kier alpha value is -1.75. The summed E-state index contributed by atoms with van der Waals surface area (Å²) >= 11 is 1.53. The first-order valence-electron chi connectivity index (χ1n) is 7.86. The molecule has 2 heterocycles. The summed E-state index contributed by atoms with van der Waals surface area (Å²) in [4.78, 5) is 20.5. The highest BCUT2D eigenvalue weighted by Gasteiger charge is 2.44. The Labute approximate surface area is 134 Å². The molecule has 1 amide bonds. The number of fused-ring (bicyclic) bond motifs is 3. The van der Waals surface area contributed by atoms with Crippen molar-refractivity contribution in [2.75, 3.05) is 5.32 Å². The number of aliphatic imine (C=N–C) groups is 1. The van der Waals surface area contributed by atoms with Crippen LogP contribution in [0.3, 0.4) is 0 Å². The molecule has 2 aliphatic heterocycles. The second-order valence-electron chi connectivity index (χ2n) is 6.04. The lowest BCUT2D eigenvalue weighted by atomic mass is 9.90. The van der Waals surface area contributed by atoms with Crippen LogP contribution in [0.2, 0.25) is 0 Å². The lowest BCUT2D eigenvalue weighted by Gasteiger charge is -2.31. The zero-order valence-corrected chi connectivity index (χ0v) is 13.4. The van der Waals surface area contributed by atoms with Gasteiger partial charge in [0, 0.05) is 11.4 Å². The summed E-state index contributed by atoms with van der Waals surface area (Å²) in [5.74, 6) is -0.0295. The number of para-hydroxylation sites is 1. The van der Waals surface area contributed by atoms with E-state index in [1.807, 2.05) is 37.3 Å². The molecule has 22 heavy (non-hydrogen) atoms. The van der Waals surface area contributed by atoms with E-state index in [2.05, 4.69) is 10.2 Å². The van der Waals surface area contributed by atoms with Gasteiger partial charge in [-0.05, 0) is 43.7 Å². The van der Waals surface area contributed by atoms with Gasteiger partial charge in [-0.25, -0.2) is 0 Å². The van der Waals surface area contributed by atoms with Crippen molar-refractivity contribution in [3.8, 4) is 0 Å². The van der Waals surface area contributed by atoms with Gasteiger partial charge in [0.15, 0.2) is 5.17 Å². The average molecular weight is 313 g/mol. The number of carbonyl (C=O) groups excluding carboxylic acids is 1. The van der Waals surface area contributed by atoms with E-state index in [0.29, 0.717) is 12.1 Å². The molecule has 1 N–H and O–H groups in total. The summed E-state index contributed by atoms with van der Waals surface area (Å²) in [6.07, 6.45) is 4.91. The Morgan fingerprint density at radius 1 is 1.27 bits per heavy atom. The van der Waals surface area contributed by atoms with Gasteiger partial charge in [0.05, 0.1) is 17.0 Å². The molecule has 0 bridgehead atoms. The van der Waals surface area contributed by atoms with Crippen LogP contribution in [0, 0.1) is 0 Å². The third kappa shape index (κ3) is 2.24. The molecule has 114 valence electrons. The molecule has 1 aromatic rings. The number of nitrogens with zero attached hydrogens (tertiary/aromatic N) is 2. The van der Waals surface area contributed by atoms with Crippen molar-refractivity contribution < 1.29 is 4.79 Å². The number of amides is 1. The molecule has 1 saturated carbocycles. The van der Waals surface area contributed by atoms with E-state index in [1.54, 1.807) is 0 Å². The third-order valence-corrected chi connectivity index (χ3v) is 5.80. The third-order valence-electron chi connectivity index (χ3n) is 4.63. The van der Waals surface area contributed by atoms with Crippen LogP contribution in [0.4, 0.5) is 5.69 Å². The molecule has 1 aromatic carbocycles. The normalized spacial score (nSPS) is 26.6. The van der Waals surface area contributed by atoms with Gasteiger partial charge in [-0.1, -0.05) is 31.0 Å². The van der Waals surface area contributed by atoms with Crippen molar-refractivity contribution in [1.29, 1.82) is 0 Å². The maximum atomic E-state index is 12.5. The molecule has 5 heteroatoms. The molecule has 0 unspecified atom stereocenters. The van der Waals surface area contributed by atoms with E-state index in [-0.39, 0.29) is 5.91 Å². The van der Waals surface area contributed by atoms with Gasteiger partial charge < -0.3 is 10.2 Å². The first-order chi connectivity index (χ1) is 10.7. The summed E-state index contributed by atoms with van der Waals surface area (Å²) in [6.45, 7) is 2.05. The van der Waals surface area contributed by atoms with E-state index < -0.39 is 0 Å². The second-order valence-corrected chi connectivity index (χ2v) is 7.02. The Morgan fingerprint density at radius 2 is 2.05 bits per heavy atom. The van der Waals surface area contributed by atoms with Crippen molar-refractivity contribution in [1.82, 2.24) is 4.90 Å². The lowest BCUT2D eigenvalue weighted by Crippen LogP contribution is -2.38. The van der Waals surface area contributed by atoms with Gasteiger partial charge in [0.25, 0.3) is 5.91 Å². The van der Waals surface area contributed by atoms with Crippen LogP contribution >= 0.6 is 11.8 Å². The summed E-state index contributed by atoms with van der Waals surface area (Å²) in [5.41, 5.74) is 1.89. The predicted octanol–water partition coefficient (Wildman–Crippen LogP) is 3.59. The van der Waals surface area contributed by atoms with E-state index in [1.165, 1.54) is 37.4 Å². The zero-order chi connectivity index (χ0) is 15.1. The van der Waals surface area contributed by atoms with Crippen LogP contribution in [0.25, 0.3) is 0 Å². The minimum atomic E-state index is -0.0295. The molecule has 1 fully saturated rings. The van der Waals surface area contributed by atoms with Gasteiger partial charge in [-0.15, -0.1) is 0 Å². The topological polar surface area (TPSA) is 44.7 Å². The number of hydrogen-bond acceptors (Lipinski definition) is 4. The fraction of sp³-hybridized carbons (Fsp3) is 0.412. The number of allylic oxidation sites excluding steroid dienone is 1. The fourth-order valence-electron chi connectivity index (χ4n) is 3.55. The first kappa shape index (κ1) is 13.9. The van der Waals surface area contributed by atoms with Gasteiger partial charge in [-0.3, -0.25) is 9.79 Å². The lowest BCUT2D eigenvalue weighted by molar-refractivity contribution is -0.112. The number of anilines is 1. The average Bonchev–Trinajstić information content (AvgIpc) is 3.05. The van der Waals surface area contributed by atoms with E-state index >= 15 is 0 Å². The van der Waals surface area contributed by atoms with Crippen LogP contribution in [0.15, 0.2) is 45.9 Å². The maximum absolute atomic E-state index is 12.5. The molecule has 1 aliphatic carbocycles. The largest absolute Gasteiger partial charge is 0.321 e. The van der Waals surface area contributed by atoms with Crippen LogP contribution in [0.1, 0.15) is 32.6 Å². The summed E-state index contributed by atoms with van der Waals surface area (Å²) in [6, 6.07) is 10.5. The minimum Gasteiger partial charge on any atom is -0.321 e. The van der Waals surface area contributed by atoms with E-state index in [9.17, 15) is 4.79 Å². The summed E-state index contributed by atoms with van der Waals surface area (Å²) in [7, 11) is 0. The maximum Gasteiger partial charge on any atom is 0.264 e. The molecule has 0 saturated heterocycles. The quantitative estimate of drug-likeness (QED) is 0.907. The number of carbonyl (C=O) groups is 1. The van der Waals surface area contributed by atoms with Gasteiger partial charge in [0.1, 0.15) is 0 Å². The number of rotatable bonds is 2. The minimum absolute atomic E-state index is 0.0295. The summed E-state index contributed by atoms with van der Waals surface area (Å²) < 4.78 is 0. The number of hydrogen-bond donors (Lipinski definition) is 1. The number of benzene rings is 1. The standard InChI is InChI=1S/C17H19N3OS/c1-11-15(16(21)18-12-7-3-2-4-8-12)22-17-19-13-9-5-6-10-14(13)20(11)17/h2-4,7-8,13-14H,5-6,9-10H2,1H3,(H,18,21)/t13-,14+/m1/s1. The molecule has 3 aliphatic rings. The van der Waals surface area contributed by atoms with Crippen molar-refractivity contribution in [3.63, 3.8) is 0 Å². The van der Waals surface area contributed by atoms with E-state index in [4.69, 9.17) is 4.99 Å². The summed E-state index contributed by atoms with van der Waals surface area (Å²) in [5, 5.41) is 4.00. The molecule has 0 spiro atoms. The monoisotopic (exact) mass is 313 g/mol. The van der Waals surface area contributed by atoms with Crippen LogP contribution in [0.5, 0.6) is 0 Å². The highest BCUT2D eigenvalue weighted by atomic mass is 32.2. The first-order valence-corrected chi connectivity index (χ1v) is 8.68. The smallest absolute Gasteiger partial charge is 0.264 e. The molecule has 2 atom stereocenters. The van der Waals surface area contributed by atoms with Gasteiger partial charge in [-0.2, -0.15) is 0 Å². The Kier molecular flexibility index (Phi) is 3.45. The van der Waals surface area contributed by atoms with Crippen molar-refractivity contribution in [2.24, 2.45) is 4.99 Å². The molecule has 0 radical (unpaired) electrons. The van der Waals surface area contributed by atoms with Gasteiger partial charge >= 0.3 is 0 Å². The SMILES string of the molecule is CC1=C(C(=O)Nc2ccccc2)SC2=N[C@@H]3CCCC[C@@H]3N21. The van der Waals surface area contributed by atoms with Gasteiger partial charge in [0.2, 0.25) is 0 Å². The van der Waals surface area contributed by atoms with Crippen molar-refractivity contribution in [3.05, 3.63) is 40.9 Å². The highest BCUT2D eigenvalue weighted by molar-refractivity contribution is 8.18. The predicted molar refractivity (Wildman–Crippen MR) is 90.7 cm³/mol. The number of nitrogens with one attached hydrogen (secondary N) is 1. The molecule has 4 rings (SSSR count). The Bertz CT molecular complexity index is 668. The van der Waals surface area contributed by atoms with E-state index in [0.717, 1.165) is 21.5 Å². The molecule has 0 aromatic heterocycles. The fourth-order valence-corrected chi connectivity index (χ4v) is 4.68. The Balaban J connectivity index is 1.55.